The molecule has 0 saturated heterocycles. The number of benzene rings is 1. The number of anilines is 1. The fraction of sp³-hybridized carbons (Fsp3) is 0.143. The molecule has 0 fully saturated rings. The van der Waals surface area contributed by atoms with Crippen LogP contribution < -0.4 is 10.6 Å². The number of nitrogens with one attached hydrogen (secondary N) is 2. The number of amides is 1. The summed E-state index contributed by atoms with van der Waals surface area (Å²) in [5, 5.41) is 16.3. The molecule has 7 heteroatoms. The van der Waals surface area contributed by atoms with Crippen LogP contribution in [0.3, 0.4) is 0 Å². The fourth-order valence-electron chi connectivity index (χ4n) is 1.82. The molecule has 1 aromatic heterocycles. The maximum atomic E-state index is 12.0. The first kappa shape index (κ1) is 14.4. The molecule has 0 aliphatic rings. The molecule has 0 radical (unpaired) electrons. The Morgan fingerprint density at radius 3 is 2.81 bits per heavy atom. The quantitative estimate of drug-likeness (QED) is 0.647. The molecule has 1 heterocycles. The average molecular weight is 286 g/mol. The van der Waals surface area contributed by atoms with Crippen LogP contribution >= 0.6 is 0 Å². The number of hydrogen-bond acceptors (Lipinski definition) is 5. The second-order valence-electron chi connectivity index (χ2n) is 4.28. The lowest BCUT2D eigenvalue weighted by Crippen LogP contribution is -2.23. The van der Waals surface area contributed by atoms with Crippen molar-refractivity contribution in [2.24, 2.45) is 0 Å². The minimum atomic E-state index is -0.497. The zero-order valence-corrected chi connectivity index (χ0v) is 11.4. The minimum Gasteiger partial charge on any atom is -0.383 e. The van der Waals surface area contributed by atoms with E-state index < -0.39 is 4.92 Å². The second kappa shape index (κ2) is 6.47. The Bertz CT molecular complexity index is 659. The third-order valence-corrected chi connectivity index (χ3v) is 2.90. The molecule has 0 unspecified atom stereocenters. The van der Waals surface area contributed by atoms with Gasteiger partial charge >= 0.3 is 0 Å². The highest BCUT2D eigenvalue weighted by Crippen LogP contribution is 2.24. The highest BCUT2D eigenvalue weighted by molar-refractivity contribution is 5.95. The van der Waals surface area contributed by atoms with E-state index in [0.717, 1.165) is 5.56 Å². The lowest BCUT2D eigenvalue weighted by Gasteiger charge is -2.07. The Kier molecular flexibility index (Phi) is 4.45. The normalized spacial score (nSPS) is 9.95. The first-order valence-electron chi connectivity index (χ1n) is 6.25. The van der Waals surface area contributed by atoms with Crippen LogP contribution in [0.1, 0.15) is 15.9 Å². The van der Waals surface area contributed by atoms with E-state index >= 15 is 0 Å². The molecule has 2 aromatic rings. The number of nitro benzene ring substituents is 1. The van der Waals surface area contributed by atoms with E-state index in [1.165, 1.54) is 18.2 Å². The Hall–Kier alpha value is -2.96. The number of aromatic nitrogens is 1. The van der Waals surface area contributed by atoms with Gasteiger partial charge in [-0.15, -0.1) is 0 Å². The van der Waals surface area contributed by atoms with Crippen LogP contribution in [-0.4, -0.2) is 22.9 Å². The van der Waals surface area contributed by atoms with Crippen molar-refractivity contribution in [3.05, 3.63) is 64.0 Å². The summed E-state index contributed by atoms with van der Waals surface area (Å²) >= 11 is 0. The number of nitrogens with zero attached hydrogens (tertiary/aromatic N) is 2. The maximum Gasteiger partial charge on any atom is 0.292 e. The van der Waals surface area contributed by atoms with Crippen molar-refractivity contribution in [1.29, 1.82) is 0 Å². The maximum absolute atomic E-state index is 12.0. The summed E-state index contributed by atoms with van der Waals surface area (Å²) in [6.45, 7) is 0.346. The van der Waals surface area contributed by atoms with Gasteiger partial charge in [-0.05, 0) is 23.8 Å². The van der Waals surface area contributed by atoms with Gasteiger partial charge in [0.2, 0.25) is 0 Å². The molecule has 2 N–H and O–H groups in total. The van der Waals surface area contributed by atoms with Gasteiger partial charge in [-0.3, -0.25) is 19.9 Å². The summed E-state index contributed by atoms with van der Waals surface area (Å²) < 4.78 is 0. The molecular weight excluding hydrogens is 272 g/mol. The molecule has 2 rings (SSSR count). The van der Waals surface area contributed by atoms with Gasteiger partial charge in [-0.2, -0.15) is 0 Å². The number of rotatable bonds is 5. The Balaban J connectivity index is 2.11. The molecular formula is C14H14N4O3. The van der Waals surface area contributed by atoms with Crippen molar-refractivity contribution in [3.63, 3.8) is 0 Å². The van der Waals surface area contributed by atoms with E-state index in [4.69, 9.17) is 0 Å². The molecule has 1 amide bonds. The van der Waals surface area contributed by atoms with Crippen molar-refractivity contribution in [3.8, 4) is 0 Å². The SMILES string of the molecule is CNc1cc(C(=O)NCc2cccnc2)ccc1[N+](=O)[O-]. The number of nitro groups is 1. The number of hydrogen-bond donors (Lipinski definition) is 2. The highest BCUT2D eigenvalue weighted by Gasteiger charge is 2.15. The molecule has 1 aromatic carbocycles. The van der Waals surface area contributed by atoms with Crippen LogP contribution in [0, 0.1) is 10.1 Å². The van der Waals surface area contributed by atoms with Gasteiger partial charge < -0.3 is 10.6 Å². The standard InChI is InChI=1S/C14H14N4O3/c1-15-12-7-11(4-5-13(12)18(20)21)14(19)17-9-10-3-2-6-16-8-10/h2-8,15H,9H2,1H3,(H,17,19). The molecule has 7 nitrogen and oxygen atoms in total. The predicted molar refractivity (Wildman–Crippen MR) is 78.1 cm³/mol. The van der Waals surface area contributed by atoms with Crippen LogP contribution in [0.5, 0.6) is 0 Å². The summed E-state index contributed by atoms with van der Waals surface area (Å²) in [5.41, 5.74) is 1.46. The van der Waals surface area contributed by atoms with E-state index in [1.807, 2.05) is 6.07 Å². The summed E-state index contributed by atoms with van der Waals surface area (Å²) in [5.74, 6) is -0.301. The van der Waals surface area contributed by atoms with Crippen molar-refractivity contribution in [2.45, 2.75) is 6.54 Å². The Morgan fingerprint density at radius 1 is 1.38 bits per heavy atom. The van der Waals surface area contributed by atoms with E-state index in [2.05, 4.69) is 15.6 Å². The Labute approximate surface area is 121 Å². The Morgan fingerprint density at radius 2 is 2.19 bits per heavy atom. The van der Waals surface area contributed by atoms with Crippen LogP contribution in [0.15, 0.2) is 42.7 Å². The minimum absolute atomic E-state index is 0.0682. The van der Waals surface area contributed by atoms with E-state index in [-0.39, 0.29) is 11.6 Å². The van der Waals surface area contributed by atoms with Crippen molar-refractivity contribution in [2.75, 3.05) is 12.4 Å². The van der Waals surface area contributed by atoms with E-state index in [9.17, 15) is 14.9 Å². The number of carbonyl (C=O) groups is 1. The summed E-state index contributed by atoms with van der Waals surface area (Å²) in [6, 6.07) is 7.83. The van der Waals surface area contributed by atoms with Gasteiger partial charge in [0.25, 0.3) is 11.6 Å². The van der Waals surface area contributed by atoms with Gasteiger partial charge in [0, 0.05) is 37.6 Å². The largest absolute Gasteiger partial charge is 0.383 e. The molecule has 108 valence electrons. The van der Waals surface area contributed by atoms with E-state index in [1.54, 1.807) is 25.5 Å². The fourth-order valence-corrected chi connectivity index (χ4v) is 1.82. The highest BCUT2D eigenvalue weighted by atomic mass is 16.6. The molecule has 21 heavy (non-hydrogen) atoms. The third kappa shape index (κ3) is 3.53. The van der Waals surface area contributed by atoms with Gasteiger partial charge in [0.05, 0.1) is 4.92 Å². The zero-order valence-electron chi connectivity index (χ0n) is 11.4. The van der Waals surface area contributed by atoms with Gasteiger partial charge in [0.15, 0.2) is 0 Å². The van der Waals surface area contributed by atoms with Crippen molar-refractivity contribution in [1.82, 2.24) is 10.3 Å². The molecule has 0 bridgehead atoms. The smallest absolute Gasteiger partial charge is 0.292 e. The summed E-state index contributed by atoms with van der Waals surface area (Å²) in [6.07, 6.45) is 3.32. The van der Waals surface area contributed by atoms with Crippen LogP contribution in [0.25, 0.3) is 0 Å². The monoisotopic (exact) mass is 286 g/mol. The van der Waals surface area contributed by atoms with Gasteiger partial charge in [-0.25, -0.2) is 0 Å². The second-order valence-corrected chi connectivity index (χ2v) is 4.28. The predicted octanol–water partition coefficient (Wildman–Crippen LogP) is 1.96. The summed E-state index contributed by atoms with van der Waals surface area (Å²) in [7, 11) is 1.57. The van der Waals surface area contributed by atoms with E-state index in [0.29, 0.717) is 17.8 Å². The van der Waals surface area contributed by atoms with Crippen molar-refractivity contribution < 1.29 is 9.72 Å². The van der Waals surface area contributed by atoms with Crippen LogP contribution in [-0.2, 0) is 6.54 Å². The third-order valence-electron chi connectivity index (χ3n) is 2.90. The first-order chi connectivity index (χ1) is 10.1. The topological polar surface area (TPSA) is 97.2 Å². The molecule has 0 aliphatic heterocycles. The first-order valence-corrected chi connectivity index (χ1v) is 6.25. The zero-order chi connectivity index (χ0) is 15.2. The molecule has 0 aliphatic carbocycles. The van der Waals surface area contributed by atoms with Crippen molar-refractivity contribution >= 4 is 17.3 Å². The summed E-state index contributed by atoms with van der Waals surface area (Å²) in [4.78, 5) is 26.3. The molecule has 0 atom stereocenters. The molecule has 0 spiro atoms. The van der Waals surface area contributed by atoms with Gasteiger partial charge in [0.1, 0.15) is 5.69 Å². The van der Waals surface area contributed by atoms with Gasteiger partial charge in [-0.1, -0.05) is 6.07 Å². The molecule has 0 saturated carbocycles. The lowest BCUT2D eigenvalue weighted by atomic mass is 10.1. The van der Waals surface area contributed by atoms with Crippen LogP contribution in [0.4, 0.5) is 11.4 Å². The van der Waals surface area contributed by atoms with Crippen LogP contribution in [0.2, 0.25) is 0 Å². The lowest BCUT2D eigenvalue weighted by molar-refractivity contribution is -0.383. The number of carbonyl (C=O) groups excluding carboxylic acids is 1. The average Bonchev–Trinajstić information content (AvgIpc) is 2.52. The number of pyridine rings is 1.